The number of alkyl carbamates (subject to hydrolysis) is 1. The quantitative estimate of drug-likeness (QED) is 0.639. The molecule has 0 saturated heterocycles. The van der Waals surface area contributed by atoms with Gasteiger partial charge in [0.15, 0.2) is 0 Å². The van der Waals surface area contributed by atoms with E-state index in [1.165, 1.54) is 18.3 Å². The third-order valence-corrected chi connectivity index (χ3v) is 4.40. The highest BCUT2D eigenvalue weighted by molar-refractivity contribution is 7.89. The predicted octanol–water partition coefficient (Wildman–Crippen LogP) is 0.905. The molecular formula is C17H20N4O5S. The van der Waals surface area contributed by atoms with Crippen molar-refractivity contribution in [2.75, 3.05) is 6.61 Å². The van der Waals surface area contributed by atoms with E-state index in [9.17, 15) is 18.0 Å². The lowest BCUT2D eigenvalue weighted by Crippen LogP contribution is -2.25. The average molecular weight is 392 g/mol. The Kier molecular flexibility index (Phi) is 6.85. The number of sulfonamides is 1. The van der Waals surface area contributed by atoms with Gasteiger partial charge in [0.1, 0.15) is 0 Å². The zero-order valence-electron chi connectivity index (χ0n) is 14.6. The number of carbonyl (C=O) groups is 2. The second-order valence-electron chi connectivity index (χ2n) is 5.48. The van der Waals surface area contributed by atoms with Crippen LogP contribution in [0.3, 0.4) is 0 Å². The molecule has 0 radical (unpaired) electrons. The van der Waals surface area contributed by atoms with Crippen molar-refractivity contribution in [1.82, 2.24) is 15.6 Å². The van der Waals surface area contributed by atoms with E-state index in [0.717, 1.165) is 0 Å². The van der Waals surface area contributed by atoms with Crippen LogP contribution in [-0.4, -0.2) is 32.0 Å². The number of amides is 2. The van der Waals surface area contributed by atoms with Gasteiger partial charge < -0.3 is 15.4 Å². The number of primary sulfonamides is 1. The predicted molar refractivity (Wildman–Crippen MR) is 97.1 cm³/mol. The van der Waals surface area contributed by atoms with Crippen molar-refractivity contribution in [3.05, 3.63) is 59.4 Å². The van der Waals surface area contributed by atoms with E-state index in [1.807, 2.05) is 0 Å². The summed E-state index contributed by atoms with van der Waals surface area (Å²) < 4.78 is 27.2. The van der Waals surface area contributed by atoms with E-state index in [1.54, 1.807) is 31.2 Å². The first-order valence-electron chi connectivity index (χ1n) is 8.05. The number of aromatic nitrogens is 1. The Morgan fingerprint density at radius 2 is 1.81 bits per heavy atom. The molecule has 1 heterocycles. The fraction of sp³-hybridized carbons (Fsp3) is 0.235. The number of carbonyl (C=O) groups excluding carboxylic acids is 2. The van der Waals surface area contributed by atoms with E-state index < -0.39 is 16.1 Å². The molecular weight excluding hydrogens is 372 g/mol. The van der Waals surface area contributed by atoms with Crippen LogP contribution in [0.1, 0.15) is 28.5 Å². The van der Waals surface area contributed by atoms with Crippen molar-refractivity contribution in [3.8, 4) is 0 Å². The minimum atomic E-state index is -3.75. The zero-order chi connectivity index (χ0) is 19.9. The van der Waals surface area contributed by atoms with E-state index in [4.69, 9.17) is 9.88 Å². The summed E-state index contributed by atoms with van der Waals surface area (Å²) in [4.78, 5) is 27.7. The van der Waals surface area contributed by atoms with Crippen molar-refractivity contribution in [3.63, 3.8) is 0 Å². The molecule has 144 valence electrons. The molecule has 27 heavy (non-hydrogen) atoms. The zero-order valence-corrected chi connectivity index (χ0v) is 15.5. The molecule has 2 aromatic rings. The summed E-state index contributed by atoms with van der Waals surface area (Å²) in [5.74, 6) is -0.328. The van der Waals surface area contributed by atoms with Gasteiger partial charge in [-0.3, -0.25) is 9.78 Å². The number of nitrogens with zero attached hydrogens (tertiary/aromatic N) is 1. The molecule has 0 aliphatic carbocycles. The van der Waals surface area contributed by atoms with Gasteiger partial charge in [-0.1, -0.05) is 12.1 Å². The highest BCUT2D eigenvalue weighted by Crippen LogP contribution is 2.09. The maximum Gasteiger partial charge on any atom is 0.407 e. The number of hydrogen-bond donors (Lipinski definition) is 3. The monoisotopic (exact) mass is 392 g/mol. The Bertz CT molecular complexity index is 913. The highest BCUT2D eigenvalue weighted by Gasteiger charge is 2.10. The Morgan fingerprint density at radius 3 is 2.44 bits per heavy atom. The summed E-state index contributed by atoms with van der Waals surface area (Å²) in [5, 5.41) is 10.3. The summed E-state index contributed by atoms with van der Waals surface area (Å²) in [7, 11) is -3.75. The van der Waals surface area contributed by atoms with Crippen LogP contribution < -0.4 is 15.8 Å². The molecule has 1 aromatic heterocycles. The van der Waals surface area contributed by atoms with Crippen LogP contribution in [0, 0.1) is 0 Å². The van der Waals surface area contributed by atoms with Crippen LogP contribution in [-0.2, 0) is 27.8 Å². The van der Waals surface area contributed by atoms with Gasteiger partial charge in [-0.25, -0.2) is 18.4 Å². The maximum absolute atomic E-state index is 12.3. The standard InChI is InChI=1S/C17H20N4O5S/c1-2-26-17(23)21-11-14-9-13(7-8-19-14)16(22)20-10-12-3-5-15(6-4-12)27(18,24)25/h3-9H,2,10-11H2,1H3,(H,20,22)(H,21,23)(H2,18,24,25). The lowest BCUT2D eigenvalue weighted by molar-refractivity contribution is 0.0950. The lowest BCUT2D eigenvalue weighted by Gasteiger charge is -2.08. The molecule has 2 amide bonds. The van der Waals surface area contributed by atoms with Crippen LogP contribution >= 0.6 is 0 Å². The lowest BCUT2D eigenvalue weighted by atomic mass is 10.2. The van der Waals surface area contributed by atoms with E-state index in [-0.39, 0.29) is 30.5 Å². The SMILES string of the molecule is CCOC(=O)NCc1cc(C(=O)NCc2ccc(S(N)(=O)=O)cc2)ccn1. The van der Waals surface area contributed by atoms with E-state index in [0.29, 0.717) is 16.8 Å². The van der Waals surface area contributed by atoms with Crippen molar-refractivity contribution in [2.24, 2.45) is 5.14 Å². The molecule has 1 aromatic carbocycles. The van der Waals surface area contributed by atoms with Crippen molar-refractivity contribution < 1.29 is 22.7 Å². The van der Waals surface area contributed by atoms with Crippen LogP contribution in [0.2, 0.25) is 0 Å². The third-order valence-electron chi connectivity index (χ3n) is 3.47. The van der Waals surface area contributed by atoms with Gasteiger partial charge in [-0.15, -0.1) is 0 Å². The molecule has 0 aliphatic rings. The Morgan fingerprint density at radius 1 is 1.11 bits per heavy atom. The number of pyridine rings is 1. The maximum atomic E-state index is 12.3. The minimum absolute atomic E-state index is 0.00505. The number of nitrogens with one attached hydrogen (secondary N) is 2. The van der Waals surface area contributed by atoms with Crippen molar-refractivity contribution in [2.45, 2.75) is 24.9 Å². The third kappa shape index (κ3) is 6.35. The summed E-state index contributed by atoms with van der Waals surface area (Å²) in [6.07, 6.45) is 0.912. The van der Waals surface area contributed by atoms with Crippen LogP contribution in [0.25, 0.3) is 0 Å². The molecule has 2 rings (SSSR count). The van der Waals surface area contributed by atoms with Crippen LogP contribution in [0.4, 0.5) is 4.79 Å². The van der Waals surface area contributed by atoms with Gasteiger partial charge in [0, 0.05) is 18.3 Å². The van der Waals surface area contributed by atoms with Crippen molar-refractivity contribution >= 4 is 22.0 Å². The fourth-order valence-electron chi connectivity index (χ4n) is 2.14. The van der Waals surface area contributed by atoms with Gasteiger partial charge in [-0.05, 0) is 36.8 Å². The molecule has 4 N–H and O–H groups in total. The molecule has 0 fully saturated rings. The van der Waals surface area contributed by atoms with Gasteiger partial charge in [0.25, 0.3) is 5.91 Å². The van der Waals surface area contributed by atoms with Gasteiger partial charge in [0.2, 0.25) is 10.0 Å². The molecule has 0 aliphatic heterocycles. The Balaban J connectivity index is 1.94. The number of ether oxygens (including phenoxy) is 1. The smallest absolute Gasteiger partial charge is 0.407 e. The molecule has 9 nitrogen and oxygen atoms in total. The number of rotatable bonds is 7. The van der Waals surface area contributed by atoms with Crippen LogP contribution in [0.15, 0.2) is 47.5 Å². The number of hydrogen-bond acceptors (Lipinski definition) is 6. The Hall–Kier alpha value is -2.98. The highest BCUT2D eigenvalue weighted by atomic mass is 32.2. The number of benzene rings is 1. The summed E-state index contributed by atoms with van der Waals surface area (Å²) in [6.45, 7) is 2.31. The van der Waals surface area contributed by atoms with E-state index >= 15 is 0 Å². The normalized spacial score (nSPS) is 10.9. The minimum Gasteiger partial charge on any atom is -0.450 e. The largest absolute Gasteiger partial charge is 0.450 e. The average Bonchev–Trinajstić information content (AvgIpc) is 2.64. The molecule has 0 atom stereocenters. The summed E-state index contributed by atoms with van der Waals surface area (Å²) in [5.41, 5.74) is 1.61. The second-order valence-corrected chi connectivity index (χ2v) is 7.04. The molecule has 0 spiro atoms. The van der Waals surface area contributed by atoms with E-state index in [2.05, 4.69) is 15.6 Å². The first-order chi connectivity index (χ1) is 12.8. The summed E-state index contributed by atoms with van der Waals surface area (Å²) >= 11 is 0. The van der Waals surface area contributed by atoms with Gasteiger partial charge in [-0.2, -0.15) is 0 Å². The fourth-order valence-corrected chi connectivity index (χ4v) is 2.66. The Labute approximate surface area is 157 Å². The van der Waals surface area contributed by atoms with Gasteiger partial charge >= 0.3 is 6.09 Å². The topological polar surface area (TPSA) is 140 Å². The summed E-state index contributed by atoms with van der Waals surface area (Å²) in [6, 6.07) is 9.01. The second kappa shape index (κ2) is 9.10. The number of nitrogens with two attached hydrogens (primary N) is 1. The molecule has 0 bridgehead atoms. The van der Waals surface area contributed by atoms with Crippen molar-refractivity contribution in [1.29, 1.82) is 0 Å². The molecule has 0 unspecified atom stereocenters. The first-order valence-corrected chi connectivity index (χ1v) is 9.59. The molecule has 0 saturated carbocycles. The first kappa shape index (κ1) is 20.3. The molecule has 10 heteroatoms. The van der Waals surface area contributed by atoms with Crippen LogP contribution in [0.5, 0.6) is 0 Å². The van der Waals surface area contributed by atoms with Gasteiger partial charge in [0.05, 0.1) is 23.7 Å².